The smallest absolute Gasteiger partial charge is 0.346 e. The van der Waals surface area contributed by atoms with Crippen LogP contribution in [-0.2, 0) is 13.1 Å². The van der Waals surface area contributed by atoms with Crippen molar-refractivity contribution < 1.29 is 4.79 Å². The van der Waals surface area contributed by atoms with Crippen molar-refractivity contribution in [2.45, 2.75) is 39.8 Å². The Morgan fingerprint density at radius 3 is 2.40 bits per heavy atom. The molecule has 2 heterocycles. The van der Waals surface area contributed by atoms with Crippen LogP contribution in [0.3, 0.4) is 0 Å². The third-order valence-electron chi connectivity index (χ3n) is 5.68. The van der Waals surface area contributed by atoms with Gasteiger partial charge in [0.25, 0.3) is 11.5 Å². The number of carbonyl (C=O) groups is 1. The summed E-state index contributed by atoms with van der Waals surface area (Å²) in [6, 6.07) is 18.5. The van der Waals surface area contributed by atoms with Crippen LogP contribution in [0.5, 0.6) is 0 Å². The van der Waals surface area contributed by atoms with Crippen molar-refractivity contribution in [3.8, 4) is 5.69 Å². The first-order valence-corrected chi connectivity index (χ1v) is 11.4. The molecule has 8 heteroatoms. The molecule has 0 atom stereocenters. The standard InChI is InChI=1S/C27H27N5O3/c1-18(2)22-9-11-23(12-10-22)32-27(35)31(17-20-7-4-6-19(3)14-20)26(34)24(30-32)25(33)29-16-21-8-5-13-28-15-21/h4-15,18H,16-17H2,1-3H3,(H,29,33). The summed E-state index contributed by atoms with van der Waals surface area (Å²) in [5.74, 6) is -0.345. The number of nitrogens with zero attached hydrogens (tertiary/aromatic N) is 4. The molecule has 4 aromatic rings. The number of hydrogen-bond donors (Lipinski definition) is 1. The predicted molar refractivity (Wildman–Crippen MR) is 134 cm³/mol. The van der Waals surface area contributed by atoms with Crippen molar-refractivity contribution in [3.63, 3.8) is 0 Å². The van der Waals surface area contributed by atoms with Crippen molar-refractivity contribution in [1.29, 1.82) is 0 Å². The maximum atomic E-state index is 13.4. The molecule has 8 nitrogen and oxygen atoms in total. The number of aryl methyl sites for hydroxylation is 1. The average Bonchev–Trinajstić information content (AvgIpc) is 2.86. The third-order valence-corrected chi connectivity index (χ3v) is 5.68. The molecule has 0 radical (unpaired) electrons. The van der Waals surface area contributed by atoms with Gasteiger partial charge < -0.3 is 5.32 Å². The zero-order chi connectivity index (χ0) is 24.9. The maximum Gasteiger partial charge on any atom is 0.352 e. The second-order valence-corrected chi connectivity index (χ2v) is 8.71. The Balaban J connectivity index is 1.78. The summed E-state index contributed by atoms with van der Waals surface area (Å²) in [7, 11) is 0. The Morgan fingerprint density at radius 2 is 1.74 bits per heavy atom. The summed E-state index contributed by atoms with van der Waals surface area (Å²) in [6.45, 7) is 6.28. The zero-order valence-electron chi connectivity index (χ0n) is 19.9. The topological polar surface area (TPSA) is 98.9 Å². The van der Waals surface area contributed by atoms with Gasteiger partial charge in [0.2, 0.25) is 5.69 Å². The van der Waals surface area contributed by atoms with E-state index in [-0.39, 0.29) is 18.8 Å². The predicted octanol–water partition coefficient (Wildman–Crippen LogP) is 3.20. The van der Waals surface area contributed by atoms with E-state index in [4.69, 9.17) is 0 Å². The fourth-order valence-electron chi connectivity index (χ4n) is 3.73. The average molecular weight is 470 g/mol. The Morgan fingerprint density at radius 1 is 1.00 bits per heavy atom. The van der Waals surface area contributed by atoms with E-state index >= 15 is 0 Å². The van der Waals surface area contributed by atoms with Gasteiger partial charge >= 0.3 is 5.69 Å². The van der Waals surface area contributed by atoms with Crippen LogP contribution in [0.15, 0.2) is 82.6 Å². The van der Waals surface area contributed by atoms with Crippen LogP contribution in [-0.4, -0.2) is 25.2 Å². The zero-order valence-corrected chi connectivity index (χ0v) is 19.9. The molecule has 0 fully saturated rings. The summed E-state index contributed by atoms with van der Waals surface area (Å²) in [6.07, 6.45) is 3.26. The minimum absolute atomic E-state index is 0.0226. The lowest BCUT2D eigenvalue weighted by Gasteiger charge is -2.13. The molecular formula is C27H27N5O3. The molecule has 0 aliphatic carbocycles. The van der Waals surface area contributed by atoms with Gasteiger partial charge in [-0.2, -0.15) is 9.78 Å². The summed E-state index contributed by atoms with van der Waals surface area (Å²) >= 11 is 0. The number of pyridine rings is 1. The highest BCUT2D eigenvalue weighted by Crippen LogP contribution is 2.15. The molecule has 2 aromatic carbocycles. The Hall–Kier alpha value is -4.33. The maximum absolute atomic E-state index is 13.4. The first kappa shape index (κ1) is 23.8. The van der Waals surface area contributed by atoms with Gasteiger partial charge in [-0.1, -0.05) is 61.9 Å². The Labute approximate surface area is 202 Å². The van der Waals surface area contributed by atoms with Gasteiger partial charge in [0, 0.05) is 18.9 Å². The minimum atomic E-state index is -0.741. The van der Waals surface area contributed by atoms with Gasteiger partial charge in [-0.15, -0.1) is 0 Å². The van der Waals surface area contributed by atoms with Gasteiger partial charge in [0.05, 0.1) is 12.2 Å². The van der Waals surface area contributed by atoms with Crippen molar-refractivity contribution in [1.82, 2.24) is 24.6 Å². The summed E-state index contributed by atoms with van der Waals surface area (Å²) in [5.41, 5.74) is 2.42. The molecule has 0 aliphatic heterocycles. The van der Waals surface area contributed by atoms with Crippen molar-refractivity contribution in [3.05, 3.63) is 122 Å². The summed E-state index contributed by atoms with van der Waals surface area (Å²) in [4.78, 5) is 43.7. The molecule has 35 heavy (non-hydrogen) atoms. The fraction of sp³-hybridized carbons (Fsp3) is 0.222. The van der Waals surface area contributed by atoms with Crippen LogP contribution < -0.4 is 16.6 Å². The number of aromatic nitrogens is 4. The monoisotopic (exact) mass is 469 g/mol. The van der Waals surface area contributed by atoms with Crippen molar-refractivity contribution in [2.24, 2.45) is 0 Å². The van der Waals surface area contributed by atoms with Gasteiger partial charge in [-0.25, -0.2) is 4.79 Å². The second kappa shape index (κ2) is 10.3. The second-order valence-electron chi connectivity index (χ2n) is 8.71. The number of hydrogen-bond acceptors (Lipinski definition) is 5. The third kappa shape index (κ3) is 5.43. The highest BCUT2D eigenvalue weighted by molar-refractivity contribution is 5.91. The SMILES string of the molecule is Cc1cccc(Cn2c(=O)c(C(=O)NCc3cccnc3)nn(-c3ccc(C(C)C)cc3)c2=O)c1. The minimum Gasteiger partial charge on any atom is -0.346 e. The first-order chi connectivity index (χ1) is 16.8. The quantitative estimate of drug-likeness (QED) is 0.448. The van der Waals surface area contributed by atoms with Crippen LogP contribution in [0, 0.1) is 6.92 Å². The lowest BCUT2D eigenvalue weighted by atomic mass is 10.0. The molecule has 178 valence electrons. The molecule has 2 aromatic heterocycles. The normalized spacial score (nSPS) is 11.0. The molecule has 0 unspecified atom stereocenters. The van der Waals surface area contributed by atoms with Gasteiger partial charge in [-0.05, 0) is 47.7 Å². The highest BCUT2D eigenvalue weighted by atomic mass is 16.2. The van der Waals surface area contributed by atoms with Crippen LogP contribution in [0.25, 0.3) is 5.69 Å². The van der Waals surface area contributed by atoms with E-state index < -0.39 is 17.2 Å². The molecule has 4 rings (SSSR count). The Bertz CT molecular complexity index is 1460. The number of amides is 1. The molecule has 0 aliphatic rings. The lowest BCUT2D eigenvalue weighted by molar-refractivity contribution is 0.0941. The molecule has 1 N–H and O–H groups in total. The summed E-state index contributed by atoms with van der Waals surface area (Å²) < 4.78 is 2.16. The molecular weight excluding hydrogens is 442 g/mol. The lowest BCUT2D eigenvalue weighted by Crippen LogP contribution is -2.46. The number of rotatable bonds is 7. The summed E-state index contributed by atoms with van der Waals surface area (Å²) in [5, 5.41) is 6.90. The molecule has 0 saturated heterocycles. The molecule has 0 spiro atoms. The van der Waals surface area contributed by atoms with Crippen LogP contribution in [0.2, 0.25) is 0 Å². The van der Waals surface area contributed by atoms with E-state index in [1.807, 2.05) is 49.4 Å². The molecule has 0 saturated carbocycles. The van der Waals surface area contributed by atoms with Gasteiger partial charge in [0.15, 0.2) is 0 Å². The van der Waals surface area contributed by atoms with E-state index in [2.05, 4.69) is 29.2 Å². The van der Waals surface area contributed by atoms with E-state index in [0.29, 0.717) is 11.6 Å². The number of carbonyl (C=O) groups excluding carboxylic acids is 1. The van der Waals surface area contributed by atoms with E-state index in [0.717, 1.165) is 31.5 Å². The van der Waals surface area contributed by atoms with Crippen molar-refractivity contribution >= 4 is 5.91 Å². The molecule has 0 bridgehead atoms. The van der Waals surface area contributed by atoms with E-state index in [1.54, 1.807) is 30.6 Å². The highest BCUT2D eigenvalue weighted by Gasteiger charge is 2.20. The first-order valence-electron chi connectivity index (χ1n) is 11.4. The molecule has 1 amide bonds. The number of benzene rings is 2. The van der Waals surface area contributed by atoms with E-state index in [9.17, 15) is 14.4 Å². The van der Waals surface area contributed by atoms with Gasteiger partial charge in [0.1, 0.15) is 0 Å². The van der Waals surface area contributed by atoms with Crippen molar-refractivity contribution in [2.75, 3.05) is 0 Å². The number of nitrogens with one attached hydrogen (secondary N) is 1. The Kier molecular flexibility index (Phi) is 7.01. The van der Waals surface area contributed by atoms with Crippen LogP contribution in [0.4, 0.5) is 0 Å². The van der Waals surface area contributed by atoms with Crippen LogP contribution in [0.1, 0.15) is 52.5 Å². The van der Waals surface area contributed by atoms with Gasteiger partial charge in [-0.3, -0.25) is 19.1 Å². The largest absolute Gasteiger partial charge is 0.352 e. The van der Waals surface area contributed by atoms with E-state index in [1.165, 1.54) is 0 Å². The fourth-order valence-corrected chi connectivity index (χ4v) is 3.73. The van der Waals surface area contributed by atoms with Crippen LogP contribution >= 0.6 is 0 Å².